The molecule has 0 bridgehead atoms. The number of alkyl carbamates (subject to hydrolysis) is 1. The Kier molecular flexibility index (Phi) is 10.5. The predicted molar refractivity (Wildman–Crippen MR) is 166 cm³/mol. The van der Waals surface area contributed by atoms with Gasteiger partial charge in [0, 0.05) is 11.3 Å². The van der Waals surface area contributed by atoms with Crippen molar-refractivity contribution < 1.29 is 43.6 Å². The number of carbonyl (C=O) groups excluding carboxylic acids is 4. The number of methoxy groups -OCH3 is 1. The molecular weight excluding hydrogens is 602 g/mol. The van der Waals surface area contributed by atoms with Crippen molar-refractivity contribution in [2.24, 2.45) is 0 Å². The molecule has 1 unspecified atom stereocenters. The molecule has 2 aliphatic rings. The van der Waals surface area contributed by atoms with Crippen LogP contribution in [0.4, 0.5) is 4.79 Å². The lowest BCUT2D eigenvalue weighted by Crippen LogP contribution is -2.71. The van der Waals surface area contributed by atoms with Crippen molar-refractivity contribution in [1.82, 2.24) is 15.5 Å². The van der Waals surface area contributed by atoms with Crippen molar-refractivity contribution in [2.45, 2.75) is 64.0 Å². The van der Waals surface area contributed by atoms with Crippen LogP contribution >= 0.6 is 11.8 Å². The van der Waals surface area contributed by atoms with Gasteiger partial charge in [0.25, 0.3) is 5.91 Å². The Balaban J connectivity index is 1.52. The molecule has 1 saturated heterocycles. The summed E-state index contributed by atoms with van der Waals surface area (Å²) in [7, 11) is 1.55. The van der Waals surface area contributed by atoms with Gasteiger partial charge >= 0.3 is 12.1 Å². The average molecular weight is 640 g/mol. The zero-order chi connectivity index (χ0) is 32.9. The number of nitrogens with one attached hydrogen (secondary N) is 2. The number of hydrogen-bond acceptors (Lipinski definition) is 10. The Bertz CT molecular complexity index is 1510. The fourth-order valence-corrected chi connectivity index (χ4v) is 6.08. The van der Waals surface area contributed by atoms with Crippen LogP contribution < -0.4 is 15.4 Å². The lowest BCUT2D eigenvalue weighted by Gasteiger charge is -2.49. The highest BCUT2D eigenvalue weighted by atomic mass is 32.2. The monoisotopic (exact) mass is 639 g/mol. The fourth-order valence-electron chi connectivity index (χ4n) is 4.76. The number of phenols is 1. The standard InChI is InChI=1S/C32H37N3O9S/c1-6-7-21-17-45-29-25(28(39)35(29)26(21)30(40)43-16-18-8-12-22(42-5)13-9-18)33-27(38)24(34-31(41)44-32(2,3)4)19-10-11-20(15-36)23(37)14-19/h6-14,24-25,29,36-37H,15-17H2,1-5H3,(H,33,38)(H,34,41)/b7-6-/t24-,25?,29-/m1/s1. The van der Waals surface area contributed by atoms with Gasteiger partial charge in [0.1, 0.15) is 46.9 Å². The predicted octanol–water partition coefficient (Wildman–Crippen LogP) is 3.43. The summed E-state index contributed by atoms with van der Waals surface area (Å²) in [6.45, 7) is 6.35. The van der Waals surface area contributed by atoms with Crippen molar-refractivity contribution in [3.63, 3.8) is 0 Å². The van der Waals surface area contributed by atoms with Crippen molar-refractivity contribution in [3.05, 3.63) is 82.6 Å². The number of nitrogens with zero attached hydrogens (tertiary/aromatic N) is 1. The zero-order valence-electron chi connectivity index (χ0n) is 25.7. The van der Waals surface area contributed by atoms with Gasteiger partial charge in [-0.05, 0) is 62.6 Å². The van der Waals surface area contributed by atoms with E-state index in [1.807, 2.05) is 0 Å². The van der Waals surface area contributed by atoms with Crippen LogP contribution in [-0.2, 0) is 37.1 Å². The first-order valence-corrected chi connectivity index (χ1v) is 15.2. The number of esters is 1. The molecule has 3 atom stereocenters. The molecule has 0 radical (unpaired) electrons. The van der Waals surface area contributed by atoms with Crippen LogP contribution in [0.1, 0.15) is 50.4 Å². The fraction of sp³-hybridized carbons (Fsp3) is 0.375. The zero-order valence-corrected chi connectivity index (χ0v) is 26.5. The SMILES string of the molecule is C/C=C\C1=C(C(=O)OCc2ccc(OC)cc2)N2C(=O)C(NC(=O)[C@H](NC(=O)OC(C)(C)C)c3ccc(CO)c(O)c3)[C@H]2SC1. The summed E-state index contributed by atoms with van der Waals surface area (Å²) in [6.07, 6.45) is 2.62. The van der Waals surface area contributed by atoms with Crippen LogP contribution in [0.2, 0.25) is 0 Å². The normalized spacial score (nSPS) is 18.5. The Labute approximate surface area is 265 Å². The van der Waals surface area contributed by atoms with E-state index in [1.54, 1.807) is 71.2 Å². The number of ether oxygens (including phenoxy) is 3. The molecule has 0 aliphatic carbocycles. The number of allylic oxidation sites excluding steroid dienone is 2. The van der Waals surface area contributed by atoms with Crippen molar-refractivity contribution in [2.75, 3.05) is 12.9 Å². The van der Waals surface area contributed by atoms with Gasteiger partial charge in [-0.3, -0.25) is 14.5 Å². The number of aliphatic hydroxyl groups excluding tert-OH is 1. The van der Waals surface area contributed by atoms with Gasteiger partial charge in [-0.2, -0.15) is 0 Å². The molecule has 4 rings (SSSR count). The average Bonchev–Trinajstić information content (AvgIpc) is 3.00. The summed E-state index contributed by atoms with van der Waals surface area (Å²) in [5.74, 6) is -1.15. The highest BCUT2D eigenvalue weighted by Gasteiger charge is 2.54. The molecule has 240 valence electrons. The summed E-state index contributed by atoms with van der Waals surface area (Å²) >= 11 is 1.37. The van der Waals surface area contributed by atoms with Gasteiger partial charge in [0.05, 0.1) is 13.7 Å². The minimum atomic E-state index is -1.35. The van der Waals surface area contributed by atoms with Crippen molar-refractivity contribution >= 4 is 35.6 Å². The number of thioether (sulfide) groups is 1. The van der Waals surface area contributed by atoms with E-state index >= 15 is 0 Å². The first kappa shape index (κ1) is 33.4. The third-order valence-corrected chi connectivity index (χ3v) is 8.22. The van der Waals surface area contributed by atoms with Gasteiger partial charge in [-0.1, -0.05) is 36.4 Å². The maximum absolute atomic E-state index is 13.6. The van der Waals surface area contributed by atoms with Gasteiger partial charge in [-0.15, -0.1) is 11.8 Å². The number of aromatic hydroxyl groups is 1. The molecule has 3 amide bonds. The summed E-state index contributed by atoms with van der Waals surface area (Å²) < 4.78 is 16.1. The molecule has 2 aromatic carbocycles. The van der Waals surface area contributed by atoms with Crippen LogP contribution in [0.25, 0.3) is 0 Å². The molecule has 0 aromatic heterocycles. The van der Waals surface area contributed by atoms with E-state index in [9.17, 15) is 29.4 Å². The highest BCUT2D eigenvalue weighted by molar-refractivity contribution is 8.00. The molecule has 45 heavy (non-hydrogen) atoms. The summed E-state index contributed by atoms with van der Waals surface area (Å²) in [6, 6.07) is 8.83. The second kappa shape index (κ2) is 14.1. The molecule has 1 fully saturated rings. The van der Waals surface area contributed by atoms with E-state index in [0.29, 0.717) is 17.1 Å². The van der Waals surface area contributed by atoms with Crippen LogP contribution in [0.15, 0.2) is 65.9 Å². The topological polar surface area (TPSA) is 164 Å². The van der Waals surface area contributed by atoms with E-state index in [4.69, 9.17) is 14.2 Å². The number of amides is 3. The number of fused-ring (bicyclic) bond motifs is 1. The lowest BCUT2D eigenvalue weighted by molar-refractivity contribution is -0.153. The van der Waals surface area contributed by atoms with E-state index in [1.165, 1.54) is 34.9 Å². The maximum atomic E-state index is 13.6. The summed E-state index contributed by atoms with van der Waals surface area (Å²) in [5.41, 5.74) is 1.03. The van der Waals surface area contributed by atoms with Crippen LogP contribution in [0, 0.1) is 0 Å². The first-order valence-electron chi connectivity index (χ1n) is 14.2. The molecule has 13 heteroatoms. The molecular formula is C32H37N3O9S. The van der Waals surface area contributed by atoms with Crippen LogP contribution in [-0.4, -0.2) is 68.9 Å². The number of rotatable bonds is 10. The number of benzene rings is 2. The number of aliphatic hydroxyl groups is 1. The van der Waals surface area contributed by atoms with Crippen LogP contribution in [0.3, 0.4) is 0 Å². The second-order valence-corrected chi connectivity index (χ2v) is 12.4. The molecule has 0 spiro atoms. The minimum absolute atomic E-state index is 0.0185. The van der Waals surface area contributed by atoms with Crippen molar-refractivity contribution in [1.29, 1.82) is 0 Å². The second-order valence-electron chi connectivity index (χ2n) is 11.3. The van der Waals surface area contributed by atoms with E-state index < -0.39 is 53.5 Å². The van der Waals surface area contributed by atoms with E-state index in [0.717, 1.165) is 5.56 Å². The maximum Gasteiger partial charge on any atom is 0.408 e. The molecule has 0 saturated carbocycles. The third-order valence-electron chi connectivity index (χ3n) is 6.92. The van der Waals surface area contributed by atoms with Gasteiger partial charge in [0.2, 0.25) is 5.91 Å². The Morgan fingerprint density at radius 1 is 1.16 bits per heavy atom. The largest absolute Gasteiger partial charge is 0.508 e. The summed E-state index contributed by atoms with van der Waals surface area (Å²) in [5, 5.41) is 24.3. The third kappa shape index (κ3) is 7.78. The number of carbonyl (C=O) groups is 4. The summed E-state index contributed by atoms with van der Waals surface area (Å²) in [4.78, 5) is 54.4. The first-order chi connectivity index (χ1) is 21.4. The number of β-lactam (4-membered cyclic amide) rings is 1. The van der Waals surface area contributed by atoms with E-state index in [2.05, 4.69) is 10.6 Å². The number of hydrogen-bond donors (Lipinski definition) is 4. The molecule has 4 N–H and O–H groups in total. The molecule has 2 aromatic rings. The Hall–Kier alpha value is -4.49. The van der Waals surface area contributed by atoms with Crippen molar-refractivity contribution in [3.8, 4) is 11.5 Å². The Morgan fingerprint density at radius 2 is 1.87 bits per heavy atom. The highest BCUT2D eigenvalue weighted by Crippen LogP contribution is 2.41. The van der Waals surface area contributed by atoms with Crippen LogP contribution in [0.5, 0.6) is 11.5 Å². The van der Waals surface area contributed by atoms with Gasteiger partial charge in [-0.25, -0.2) is 9.59 Å². The van der Waals surface area contributed by atoms with E-state index in [-0.39, 0.29) is 29.2 Å². The van der Waals surface area contributed by atoms with Gasteiger partial charge in [0.15, 0.2) is 0 Å². The molecule has 12 nitrogen and oxygen atoms in total. The molecule has 2 aliphatic heterocycles. The smallest absolute Gasteiger partial charge is 0.408 e. The van der Waals surface area contributed by atoms with Gasteiger partial charge < -0.3 is 35.1 Å². The molecule has 2 heterocycles. The lowest BCUT2D eigenvalue weighted by atomic mass is 10.00. The Morgan fingerprint density at radius 3 is 2.47 bits per heavy atom. The quantitative estimate of drug-likeness (QED) is 0.224. The minimum Gasteiger partial charge on any atom is -0.508 e.